The van der Waals surface area contributed by atoms with Gasteiger partial charge < -0.3 is 4.74 Å². The Balaban J connectivity index is 2.07. The molecule has 0 spiro atoms. The molecule has 0 saturated carbocycles. The minimum atomic E-state index is 0.188. The maximum atomic E-state index is 5.93. The third kappa shape index (κ3) is 2.46. The van der Waals surface area contributed by atoms with E-state index < -0.39 is 0 Å². The molecule has 0 N–H and O–H groups in total. The molecule has 3 heterocycles. The average molecular weight is 306 g/mol. The molecule has 0 radical (unpaired) electrons. The molecule has 4 nitrogen and oxygen atoms in total. The summed E-state index contributed by atoms with van der Waals surface area (Å²) in [5.74, 6) is 1.18. The van der Waals surface area contributed by atoms with E-state index in [1.165, 1.54) is 11.3 Å². The number of rotatable bonds is 3. The van der Waals surface area contributed by atoms with E-state index in [1.54, 1.807) is 0 Å². The highest BCUT2D eigenvalue weighted by Gasteiger charge is 2.12. The van der Waals surface area contributed by atoms with Crippen LogP contribution in [0.15, 0.2) is 23.6 Å². The van der Waals surface area contributed by atoms with E-state index in [4.69, 9.17) is 16.3 Å². The van der Waals surface area contributed by atoms with Crippen LogP contribution in [0.5, 0.6) is 11.6 Å². The van der Waals surface area contributed by atoms with Gasteiger partial charge in [-0.15, -0.1) is 11.3 Å². The monoisotopic (exact) mass is 305 g/mol. The summed E-state index contributed by atoms with van der Waals surface area (Å²) in [6.07, 6.45) is 0.794. The van der Waals surface area contributed by atoms with Crippen molar-refractivity contribution in [1.29, 1.82) is 0 Å². The molecular weight excluding hydrogens is 294 g/mol. The molecule has 3 aromatic rings. The Morgan fingerprint density at radius 3 is 2.85 bits per heavy atom. The molecule has 0 unspecified atom stereocenters. The third-order valence-electron chi connectivity index (χ3n) is 2.88. The Labute approximate surface area is 125 Å². The Morgan fingerprint density at radius 2 is 2.05 bits per heavy atom. The lowest BCUT2D eigenvalue weighted by Gasteiger charge is -2.10. The molecule has 0 fully saturated rings. The van der Waals surface area contributed by atoms with E-state index in [1.807, 2.05) is 37.4 Å². The predicted molar refractivity (Wildman–Crippen MR) is 80.9 cm³/mol. The van der Waals surface area contributed by atoms with Gasteiger partial charge in [0, 0.05) is 5.69 Å². The first-order valence-corrected chi connectivity index (χ1v) is 7.48. The van der Waals surface area contributed by atoms with E-state index in [2.05, 4.69) is 15.0 Å². The van der Waals surface area contributed by atoms with Crippen molar-refractivity contribution in [2.75, 3.05) is 0 Å². The Bertz CT molecular complexity index is 772. The second-order valence-electron chi connectivity index (χ2n) is 4.29. The molecule has 0 amide bonds. The van der Waals surface area contributed by atoms with E-state index >= 15 is 0 Å². The van der Waals surface area contributed by atoms with Crippen LogP contribution < -0.4 is 4.74 Å². The molecule has 3 aromatic heterocycles. The molecule has 0 aliphatic carbocycles. The van der Waals surface area contributed by atoms with Gasteiger partial charge in [-0.25, -0.2) is 4.98 Å². The number of nitrogens with zero attached hydrogens (tertiary/aromatic N) is 3. The predicted octanol–water partition coefficient (Wildman–Crippen LogP) is 4.40. The van der Waals surface area contributed by atoms with Gasteiger partial charge in [0.25, 0.3) is 0 Å². The molecule has 20 heavy (non-hydrogen) atoms. The van der Waals surface area contributed by atoms with Crippen LogP contribution in [0.1, 0.15) is 18.3 Å². The summed E-state index contributed by atoms with van der Waals surface area (Å²) >= 11 is 7.44. The van der Waals surface area contributed by atoms with Crippen LogP contribution >= 0.6 is 22.9 Å². The average Bonchev–Trinajstić information content (AvgIpc) is 2.88. The number of thiophene rings is 1. The van der Waals surface area contributed by atoms with Crippen LogP contribution in [0, 0.1) is 6.92 Å². The standard InChI is InChI=1S/C14H12ClN3OS/c1-3-10-11(5-4-8(2)16-10)19-12-9-6-7-20-13(9)18-14(15)17-12/h4-7H,3H2,1-2H3. The van der Waals surface area contributed by atoms with Gasteiger partial charge in [-0.2, -0.15) is 4.98 Å². The Kier molecular flexibility index (Phi) is 3.54. The van der Waals surface area contributed by atoms with Crippen molar-refractivity contribution in [1.82, 2.24) is 15.0 Å². The molecule has 0 atom stereocenters. The quantitative estimate of drug-likeness (QED) is 0.673. The first-order valence-electron chi connectivity index (χ1n) is 6.22. The summed E-state index contributed by atoms with van der Waals surface area (Å²) in [6.45, 7) is 4.00. The highest BCUT2D eigenvalue weighted by Crippen LogP contribution is 2.32. The van der Waals surface area contributed by atoms with E-state index in [0.717, 1.165) is 28.0 Å². The van der Waals surface area contributed by atoms with Crippen LogP contribution in [-0.2, 0) is 6.42 Å². The van der Waals surface area contributed by atoms with Crippen LogP contribution in [0.25, 0.3) is 10.2 Å². The molecule has 0 aliphatic rings. The highest BCUT2D eigenvalue weighted by molar-refractivity contribution is 7.16. The number of hydrogen-bond acceptors (Lipinski definition) is 5. The van der Waals surface area contributed by atoms with Gasteiger partial charge in [0.15, 0.2) is 5.75 Å². The van der Waals surface area contributed by atoms with Crippen molar-refractivity contribution in [3.05, 3.63) is 40.3 Å². The fraction of sp³-hybridized carbons (Fsp3) is 0.214. The van der Waals surface area contributed by atoms with E-state index in [9.17, 15) is 0 Å². The minimum Gasteiger partial charge on any atom is -0.436 e. The van der Waals surface area contributed by atoms with Crippen LogP contribution in [0.4, 0.5) is 0 Å². The number of ether oxygens (including phenoxy) is 1. The smallest absolute Gasteiger partial charge is 0.232 e. The van der Waals surface area contributed by atoms with E-state index in [-0.39, 0.29) is 5.28 Å². The maximum absolute atomic E-state index is 5.93. The fourth-order valence-corrected chi connectivity index (χ4v) is 2.90. The van der Waals surface area contributed by atoms with Gasteiger partial charge in [0.2, 0.25) is 11.2 Å². The van der Waals surface area contributed by atoms with Gasteiger partial charge in [0.05, 0.1) is 11.1 Å². The molecule has 0 saturated heterocycles. The Hall–Kier alpha value is -1.72. The van der Waals surface area contributed by atoms with Crippen LogP contribution in [0.3, 0.4) is 0 Å². The Morgan fingerprint density at radius 1 is 1.20 bits per heavy atom. The normalized spacial score (nSPS) is 10.9. The van der Waals surface area contributed by atoms with Crippen LogP contribution in [-0.4, -0.2) is 15.0 Å². The lowest BCUT2D eigenvalue weighted by Crippen LogP contribution is -1.97. The van der Waals surface area contributed by atoms with Crippen molar-refractivity contribution < 1.29 is 4.74 Å². The van der Waals surface area contributed by atoms with Crippen molar-refractivity contribution >= 4 is 33.2 Å². The fourth-order valence-electron chi connectivity index (χ4n) is 1.93. The van der Waals surface area contributed by atoms with Gasteiger partial charge in [-0.1, -0.05) is 6.92 Å². The van der Waals surface area contributed by atoms with Crippen LogP contribution in [0.2, 0.25) is 5.28 Å². The number of halogens is 1. The van der Waals surface area contributed by atoms with E-state index in [0.29, 0.717) is 11.6 Å². The molecule has 102 valence electrons. The molecule has 0 aromatic carbocycles. The van der Waals surface area contributed by atoms with Gasteiger partial charge in [-0.3, -0.25) is 4.98 Å². The number of hydrogen-bond donors (Lipinski definition) is 0. The molecule has 0 bridgehead atoms. The summed E-state index contributed by atoms with van der Waals surface area (Å²) < 4.78 is 5.92. The van der Waals surface area contributed by atoms with Gasteiger partial charge in [0.1, 0.15) is 4.83 Å². The van der Waals surface area contributed by atoms with Crippen molar-refractivity contribution in [3.8, 4) is 11.6 Å². The number of fused-ring (bicyclic) bond motifs is 1. The summed E-state index contributed by atoms with van der Waals surface area (Å²) in [7, 11) is 0. The minimum absolute atomic E-state index is 0.188. The summed E-state index contributed by atoms with van der Waals surface area (Å²) in [4.78, 5) is 13.6. The second-order valence-corrected chi connectivity index (χ2v) is 5.52. The molecule has 3 rings (SSSR count). The molecular formula is C14H12ClN3OS. The SMILES string of the molecule is CCc1nc(C)ccc1Oc1nc(Cl)nc2sccc12. The summed E-state index contributed by atoms with van der Waals surface area (Å²) in [5.41, 5.74) is 1.87. The summed E-state index contributed by atoms with van der Waals surface area (Å²) in [5, 5.41) is 2.99. The molecule has 6 heteroatoms. The maximum Gasteiger partial charge on any atom is 0.232 e. The zero-order valence-corrected chi connectivity index (χ0v) is 12.6. The zero-order valence-electron chi connectivity index (χ0n) is 11.1. The van der Waals surface area contributed by atoms with Gasteiger partial charge >= 0.3 is 0 Å². The van der Waals surface area contributed by atoms with Gasteiger partial charge in [-0.05, 0) is 48.5 Å². The first-order chi connectivity index (χ1) is 9.67. The third-order valence-corrected chi connectivity index (χ3v) is 3.85. The topological polar surface area (TPSA) is 47.9 Å². The van der Waals surface area contributed by atoms with Crippen molar-refractivity contribution in [2.45, 2.75) is 20.3 Å². The van der Waals surface area contributed by atoms with Crippen molar-refractivity contribution in [2.24, 2.45) is 0 Å². The zero-order chi connectivity index (χ0) is 14.1. The highest BCUT2D eigenvalue weighted by atomic mass is 35.5. The summed E-state index contributed by atoms with van der Waals surface area (Å²) in [6, 6.07) is 5.76. The van der Waals surface area contributed by atoms with Crippen molar-refractivity contribution in [3.63, 3.8) is 0 Å². The lowest BCUT2D eigenvalue weighted by molar-refractivity contribution is 0.459. The second kappa shape index (κ2) is 5.34. The lowest BCUT2D eigenvalue weighted by atomic mass is 10.2. The molecule has 0 aliphatic heterocycles. The number of pyridine rings is 1. The number of aromatic nitrogens is 3. The first kappa shape index (κ1) is 13.3. The number of aryl methyl sites for hydroxylation is 2. The largest absolute Gasteiger partial charge is 0.436 e.